The maximum atomic E-state index is 12.1. The first-order valence-corrected chi connectivity index (χ1v) is 5.46. The molecule has 0 atom stereocenters. The molecule has 102 valence electrons. The lowest BCUT2D eigenvalue weighted by Crippen LogP contribution is -2.37. The Bertz CT molecular complexity index is 460. The summed E-state index contributed by atoms with van der Waals surface area (Å²) in [5.74, 6) is -0.369. The first-order chi connectivity index (χ1) is 8.07. The molecule has 0 saturated carbocycles. The van der Waals surface area contributed by atoms with Crippen LogP contribution in [0.25, 0.3) is 0 Å². The number of hydrogen-bond acceptors (Lipinski definition) is 3. The lowest BCUT2D eigenvalue weighted by molar-refractivity contribution is -0.128. The van der Waals surface area contributed by atoms with Crippen LogP contribution in [-0.4, -0.2) is 21.7 Å². The molecule has 0 aromatic carbocycles. The van der Waals surface area contributed by atoms with Gasteiger partial charge in [-0.3, -0.25) is 4.79 Å². The van der Waals surface area contributed by atoms with Crippen molar-refractivity contribution >= 4 is 0 Å². The highest BCUT2D eigenvalue weighted by Crippen LogP contribution is 2.18. The monoisotopic (exact) mass is 263 g/mol. The van der Waals surface area contributed by atoms with Crippen molar-refractivity contribution in [1.29, 1.82) is 0 Å². The van der Waals surface area contributed by atoms with Gasteiger partial charge in [-0.05, 0) is 20.8 Å². The summed E-state index contributed by atoms with van der Waals surface area (Å²) in [5, 5.41) is 3.06. The number of nitrogens with one attached hydrogen (secondary N) is 2. The molecule has 0 aliphatic heterocycles. The molecule has 1 aromatic rings. The average Bonchev–Trinajstić information content (AvgIpc) is 2.12. The van der Waals surface area contributed by atoms with Crippen molar-refractivity contribution in [2.24, 2.45) is 0 Å². The van der Waals surface area contributed by atoms with E-state index in [1.165, 1.54) is 6.20 Å². The second-order valence-corrected chi connectivity index (χ2v) is 5.08. The molecule has 1 heterocycles. The van der Waals surface area contributed by atoms with E-state index in [0.29, 0.717) is 5.56 Å². The topological polar surface area (TPSA) is 57.8 Å². The van der Waals surface area contributed by atoms with Gasteiger partial charge >= 0.3 is 6.18 Å². The summed E-state index contributed by atoms with van der Waals surface area (Å²) in [5.41, 5.74) is -0.409. The van der Waals surface area contributed by atoms with E-state index >= 15 is 0 Å². The molecule has 0 bridgehead atoms. The Morgan fingerprint density at radius 2 is 1.94 bits per heavy atom. The third-order valence-electron chi connectivity index (χ3n) is 2.10. The maximum absolute atomic E-state index is 12.1. The van der Waals surface area contributed by atoms with Crippen LogP contribution in [0.2, 0.25) is 0 Å². The highest BCUT2D eigenvalue weighted by molar-refractivity contribution is 5.06. The second kappa shape index (κ2) is 5.09. The van der Waals surface area contributed by atoms with Crippen LogP contribution in [0.1, 0.15) is 32.2 Å². The SMILES string of the molecule is CC(C)(C)NCc1cnc(CC(F)(F)F)[nH]c1=O. The van der Waals surface area contributed by atoms with Gasteiger partial charge in [0.05, 0.1) is 0 Å². The molecule has 4 nitrogen and oxygen atoms in total. The Labute approximate surface area is 103 Å². The first-order valence-electron chi connectivity index (χ1n) is 5.46. The number of hydrogen-bond donors (Lipinski definition) is 2. The lowest BCUT2D eigenvalue weighted by Gasteiger charge is -2.20. The van der Waals surface area contributed by atoms with E-state index in [1.807, 2.05) is 20.8 Å². The van der Waals surface area contributed by atoms with E-state index < -0.39 is 18.2 Å². The minimum atomic E-state index is -4.37. The zero-order valence-electron chi connectivity index (χ0n) is 10.5. The van der Waals surface area contributed by atoms with Gasteiger partial charge in [0.1, 0.15) is 12.2 Å². The number of alkyl halides is 3. The summed E-state index contributed by atoms with van der Waals surface area (Å²) in [6.07, 6.45) is -4.42. The molecular formula is C11H16F3N3O. The van der Waals surface area contributed by atoms with Crippen LogP contribution >= 0.6 is 0 Å². The van der Waals surface area contributed by atoms with Crippen molar-refractivity contribution in [1.82, 2.24) is 15.3 Å². The van der Waals surface area contributed by atoms with Gasteiger partial charge in [0.15, 0.2) is 0 Å². The van der Waals surface area contributed by atoms with Gasteiger partial charge in [-0.1, -0.05) is 0 Å². The normalized spacial score (nSPS) is 12.8. The number of rotatable bonds is 3. The van der Waals surface area contributed by atoms with Gasteiger partial charge in [0, 0.05) is 23.8 Å². The fraction of sp³-hybridized carbons (Fsp3) is 0.636. The van der Waals surface area contributed by atoms with E-state index in [1.54, 1.807) is 0 Å². The highest BCUT2D eigenvalue weighted by atomic mass is 19.4. The number of halogens is 3. The van der Waals surface area contributed by atoms with Crippen molar-refractivity contribution in [2.45, 2.75) is 45.5 Å². The van der Waals surface area contributed by atoms with Gasteiger partial charge in [0.2, 0.25) is 0 Å². The maximum Gasteiger partial charge on any atom is 0.396 e. The summed E-state index contributed by atoms with van der Waals surface area (Å²) in [6.45, 7) is 6.03. The molecule has 2 N–H and O–H groups in total. The molecule has 0 aliphatic carbocycles. The standard InChI is InChI=1S/C11H16F3N3O/c1-10(2,3)16-6-7-5-15-8(17-9(7)18)4-11(12,13)14/h5,16H,4,6H2,1-3H3,(H,15,17,18). The summed E-state index contributed by atoms with van der Waals surface area (Å²) in [6, 6.07) is 0. The highest BCUT2D eigenvalue weighted by Gasteiger charge is 2.29. The first kappa shape index (κ1) is 14.7. The van der Waals surface area contributed by atoms with Crippen LogP contribution in [0.15, 0.2) is 11.0 Å². The third kappa shape index (κ3) is 5.31. The Balaban J connectivity index is 2.78. The van der Waals surface area contributed by atoms with Crippen LogP contribution < -0.4 is 10.9 Å². The van der Waals surface area contributed by atoms with Crippen LogP contribution in [0, 0.1) is 0 Å². The molecule has 1 rings (SSSR count). The largest absolute Gasteiger partial charge is 0.396 e. The van der Waals surface area contributed by atoms with Gasteiger partial charge < -0.3 is 10.3 Å². The summed E-state index contributed by atoms with van der Waals surface area (Å²) >= 11 is 0. The molecule has 0 amide bonds. The molecule has 0 spiro atoms. The predicted octanol–water partition coefficient (Wildman–Crippen LogP) is 1.76. The second-order valence-electron chi connectivity index (χ2n) is 5.08. The minimum absolute atomic E-state index is 0.183. The zero-order chi connectivity index (χ0) is 14.0. The van der Waals surface area contributed by atoms with Gasteiger partial charge in [-0.15, -0.1) is 0 Å². The van der Waals surface area contributed by atoms with Crippen LogP contribution in [-0.2, 0) is 13.0 Å². The Morgan fingerprint density at radius 3 is 2.39 bits per heavy atom. The third-order valence-corrected chi connectivity index (χ3v) is 2.10. The molecule has 18 heavy (non-hydrogen) atoms. The quantitative estimate of drug-likeness (QED) is 0.873. The smallest absolute Gasteiger partial charge is 0.310 e. The molecule has 0 fully saturated rings. The summed E-state index contributed by atoms with van der Waals surface area (Å²) < 4.78 is 36.3. The van der Waals surface area contributed by atoms with Crippen LogP contribution in [0.3, 0.4) is 0 Å². The molecule has 7 heteroatoms. The predicted molar refractivity (Wildman–Crippen MR) is 61.2 cm³/mol. The van der Waals surface area contributed by atoms with Gasteiger partial charge in [0.25, 0.3) is 5.56 Å². The molecule has 0 unspecified atom stereocenters. The summed E-state index contributed by atoms with van der Waals surface area (Å²) in [7, 11) is 0. The molecule has 0 aliphatic rings. The Morgan fingerprint density at radius 1 is 1.33 bits per heavy atom. The van der Waals surface area contributed by atoms with Gasteiger partial charge in [-0.25, -0.2) is 4.98 Å². The van der Waals surface area contributed by atoms with Crippen molar-refractivity contribution in [2.75, 3.05) is 0 Å². The lowest BCUT2D eigenvalue weighted by atomic mass is 10.1. The van der Waals surface area contributed by atoms with Gasteiger partial charge in [-0.2, -0.15) is 13.2 Å². The molecule has 0 radical (unpaired) electrons. The van der Waals surface area contributed by atoms with E-state index in [4.69, 9.17) is 0 Å². The van der Waals surface area contributed by atoms with Crippen molar-refractivity contribution in [3.05, 3.63) is 27.9 Å². The fourth-order valence-electron chi connectivity index (χ4n) is 1.22. The number of H-pyrrole nitrogens is 1. The number of aromatic amines is 1. The van der Waals surface area contributed by atoms with E-state index in [0.717, 1.165) is 0 Å². The van der Waals surface area contributed by atoms with E-state index in [-0.39, 0.29) is 17.9 Å². The zero-order valence-corrected chi connectivity index (χ0v) is 10.5. The van der Waals surface area contributed by atoms with Crippen LogP contribution in [0.5, 0.6) is 0 Å². The van der Waals surface area contributed by atoms with E-state index in [2.05, 4.69) is 15.3 Å². The molecule has 0 saturated heterocycles. The van der Waals surface area contributed by atoms with Crippen molar-refractivity contribution < 1.29 is 13.2 Å². The Kier molecular flexibility index (Phi) is 4.16. The average molecular weight is 263 g/mol. The summed E-state index contributed by atoms with van der Waals surface area (Å²) in [4.78, 5) is 17.3. The number of aromatic nitrogens is 2. The van der Waals surface area contributed by atoms with E-state index in [9.17, 15) is 18.0 Å². The van der Waals surface area contributed by atoms with Crippen LogP contribution in [0.4, 0.5) is 13.2 Å². The minimum Gasteiger partial charge on any atom is -0.310 e. The molecular weight excluding hydrogens is 247 g/mol. The fourth-order valence-corrected chi connectivity index (χ4v) is 1.22. The Hall–Kier alpha value is -1.37. The number of nitrogens with zero attached hydrogens (tertiary/aromatic N) is 1. The van der Waals surface area contributed by atoms with Crippen molar-refractivity contribution in [3.8, 4) is 0 Å². The van der Waals surface area contributed by atoms with Crippen molar-refractivity contribution in [3.63, 3.8) is 0 Å². The molecule has 1 aromatic heterocycles.